The van der Waals surface area contributed by atoms with Crippen LogP contribution in [-0.4, -0.2) is 132 Å². The van der Waals surface area contributed by atoms with Crippen LogP contribution in [0.5, 0.6) is 0 Å². The van der Waals surface area contributed by atoms with Gasteiger partial charge < -0.3 is 43.9 Å². The van der Waals surface area contributed by atoms with Gasteiger partial charge in [0, 0.05) is 65.1 Å². The molecule has 370 valence electrons. The number of aliphatic hydroxyl groups excluding tert-OH is 2. The highest BCUT2D eigenvalue weighted by Gasteiger charge is 2.53. The summed E-state index contributed by atoms with van der Waals surface area (Å²) in [5, 5.41) is 31.8. The average Bonchev–Trinajstić information content (AvgIpc) is 3.27. The van der Waals surface area contributed by atoms with E-state index in [0.717, 1.165) is 36.3 Å². The van der Waals surface area contributed by atoms with Crippen molar-refractivity contribution >= 4 is 29.2 Å². The van der Waals surface area contributed by atoms with Crippen LogP contribution in [0.3, 0.4) is 0 Å². The third-order valence-electron chi connectivity index (χ3n) is 13.1. The van der Waals surface area contributed by atoms with Crippen LogP contribution >= 0.6 is 0 Å². The lowest BCUT2D eigenvalue weighted by Crippen LogP contribution is -2.60. The summed E-state index contributed by atoms with van der Waals surface area (Å²) < 4.78 is 28.0. The summed E-state index contributed by atoms with van der Waals surface area (Å²) >= 11 is 0. The van der Waals surface area contributed by atoms with Crippen LogP contribution in [0.25, 0.3) is 0 Å². The lowest BCUT2D eigenvalue weighted by atomic mass is 9.85. The summed E-state index contributed by atoms with van der Waals surface area (Å²) in [6.45, 7) is 17.2. The van der Waals surface area contributed by atoms with Crippen LogP contribution in [0, 0.1) is 29.6 Å². The van der Waals surface area contributed by atoms with Gasteiger partial charge in [-0.05, 0) is 102 Å². The van der Waals surface area contributed by atoms with Crippen LogP contribution in [0.4, 0.5) is 0 Å². The molecule has 0 saturated carbocycles. The van der Waals surface area contributed by atoms with Gasteiger partial charge in [0.05, 0.1) is 18.3 Å². The predicted molar refractivity (Wildman–Crippen MR) is 249 cm³/mol. The molecule has 13 unspecified atom stereocenters. The topological polar surface area (TPSA) is 195 Å². The molecule has 3 heterocycles. The Bertz CT molecular complexity index is 1650. The first-order valence-electron chi connectivity index (χ1n) is 23.8. The van der Waals surface area contributed by atoms with Crippen molar-refractivity contribution in [1.82, 2.24) is 4.90 Å². The van der Waals surface area contributed by atoms with E-state index in [2.05, 4.69) is 6.92 Å². The first-order chi connectivity index (χ1) is 30.6. The Hall–Kier alpha value is -3.37. The minimum atomic E-state index is -2.38. The minimum Gasteiger partial charge on any atom is -0.461 e. The number of nitrogens with zero attached hydrogens (tertiary/aromatic N) is 1. The Kier molecular flexibility index (Phi) is 25.5. The monoisotopic (exact) mass is 918 g/mol. The molecule has 0 spiro atoms. The third kappa shape index (κ3) is 18.0. The van der Waals surface area contributed by atoms with E-state index in [1.807, 2.05) is 58.1 Å². The second kappa shape index (κ2) is 28.7. The number of cyclic esters (lactones) is 1. The maximum absolute atomic E-state index is 13.8. The number of methoxy groups -OCH3 is 3. The smallest absolute Gasteiger partial charge is 0.329 e. The van der Waals surface area contributed by atoms with Gasteiger partial charge in [-0.2, -0.15) is 0 Å². The largest absolute Gasteiger partial charge is 0.461 e. The quantitative estimate of drug-likeness (QED) is 0.131. The highest BCUT2D eigenvalue weighted by atomic mass is 16.6. The number of carbonyl (C=O) groups is 5. The number of rotatable bonds is 8. The molecule has 3 rings (SSSR count). The van der Waals surface area contributed by atoms with Gasteiger partial charge in [0.25, 0.3) is 11.7 Å². The van der Waals surface area contributed by atoms with Crippen LogP contribution in [0.15, 0.2) is 47.6 Å². The normalized spacial score (nSPS) is 35.8. The van der Waals surface area contributed by atoms with Crippen LogP contribution < -0.4 is 0 Å². The maximum Gasteiger partial charge on any atom is 0.329 e. The summed E-state index contributed by atoms with van der Waals surface area (Å²) in [5.74, 6) is -6.86. The highest BCUT2D eigenvalue weighted by molar-refractivity contribution is 6.39. The van der Waals surface area contributed by atoms with E-state index in [1.165, 1.54) is 7.11 Å². The van der Waals surface area contributed by atoms with Crippen molar-refractivity contribution in [3.8, 4) is 0 Å². The Morgan fingerprint density at radius 3 is 2.20 bits per heavy atom. The molecule has 0 aliphatic carbocycles. The fraction of sp³-hybridized carbons (Fsp3) is 0.745. The fourth-order valence-corrected chi connectivity index (χ4v) is 8.71. The second-order valence-corrected chi connectivity index (χ2v) is 18.8. The lowest BCUT2D eigenvalue weighted by Gasteiger charge is -2.42. The van der Waals surface area contributed by atoms with Crippen LogP contribution in [0.2, 0.25) is 0 Å². The van der Waals surface area contributed by atoms with E-state index >= 15 is 0 Å². The summed E-state index contributed by atoms with van der Waals surface area (Å²) in [6, 6.07) is -1.07. The predicted octanol–water partition coefficient (Wildman–Crippen LogP) is 6.82. The van der Waals surface area contributed by atoms with Crippen molar-refractivity contribution in [2.75, 3.05) is 34.5 Å². The molecule has 2 fully saturated rings. The van der Waals surface area contributed by atoms with Crippen molar-refractivity contribution in [1.29, 1.82) is 0 Å². The van der Waals surface area contributed by atoms with Crippen molar-refractivity contribution in [2.24, 2.45) is 29.6 Å². The van der Waals surface area contributed by atoms with Crippen LogP contribution in [0.1, 0.15) is 133 Å². The van der Waals surface area contributed by atoms with Gasteiger partial charge >= 0.3 is 5.97 Å². The van der Waals surface area contributed by atoms with E-state index in [4.69, 9.17) is 28.8 Å². The Balaban J connectivity index is 0.00000116. The molecule has 0 aromatic rings. The number of esters is 1. The summed E-state index contributed by atoms with van der Waals surface area (Å²) in [7, 11) is 4.67. The van der Waals surface area contributed by atoms with E-state index in [-0.39, 0.29) is 43.0 Å². The number of Topliss-reactive ketones (excluding diaryl/α,β-unsaturated/α-hetero) is 3. The summed E-state index contributed by atoms with van der Waals surface area (Å²) in [5.41, 5.74) is 1.29. The zero-order valence-corrected chi connectivity index (χ0v) is 41.5. The number of fused-ring (bicyclic) bond motifs is 3. The zero-order chi connectivity index (χ0) is 49.0. The summed E-state index contributed by atoms with van der Waals surface area (Å²) in [4.78, 5) is 68.9. The van der Waals surface area contributed by atoms with E-state index in [9.17, 15) is 34.2 Å². The minimum absolute atomic E-state index is 0.0430. The van der Waals surface area contributed by atoms with Crippen LogP contribution in [-0.2, 0) is 47.7 Å². The highest BCUT2D eigenvalue weighted by Crippen LogP contribution is 2.36. The molecule has 3 aliphatic rings. The molecular formula is C51H83NO13. The number of hydrogen-bond donors (Lipinski definition) is 3. The Labute approximate surface area is 389 Å². The Morgan fingerprint density at radius 1 is 0.892 bits per heavy atom. The van der Waals surface area contributed by atoms with Gasteiger partial charge in [-0.15, -0.1) is 0 Å². The van der Waals surface area contributed by atoms with Gasteiger partial charge in [-0.1, -0.05) is 77.5 Å². The van der Waals surface area contributed by atoms with Crippen molar-refractivity contribution in [2.45, 2.75) is 181 Å². The first kappa shape index (κ1) is 57.8. The Morgan fingerprint density at radius 2 is 1.58 bits per heavy atom. The molecule has 2 saturated heterocycles. The third-order valence-corrected chi connectivity index (χ3v) is 13.1. The van der Waals surface area contributed by atoms with Gasteiger partial charge in [-0.3, -0.25) is 19.2 Å². The first-order valence-corrected chi connectivity index (χ1v) is 23.8. The number of ketones is 3. The molecule has 0 radical (unpaired) electrons. The number of amides is 1. The second-order valence-electron chi connectivity index (χ2n) is 18.8. The number of allylic oxidation sites excluding steroid dienone is 6. The van der Waals surface area contributed by atoms with Crippen molar-refractivity contribution in [3.05, 3.63) is 47.6 Å². The number of ether oxygens (including phenoxy) is 5. The number of hydrogen-bond acceptors (Lipinski definition) is 13. The maximum atomic E-state index is 13.8. The SMILES string of the molecule is CCC(CCC(C)O)COC.COC1CC2CCC(C)C(O)(O2)C(=O)C(=O)N2CCCCC2C(=O)OC(C)CC(=O)C(C)/C=C(\C)C(O)C(OC)C(=O)C(C)CC(C)/C=C/C=C/C=C/1C. The molecule has 0 aromatic carbocycles. The molecule has 14 heteroatoms. The lowest BCUT2D eigenvalue weighted by molar-refractivity contribution is -0.265. The van der Waals surface area contributed by atoms with Gasteiger partial charge in [0.2, 0.25) is 5.79 Å². The van der Waals surface area contributed by atoms with E-state index in [1.54, 1.807) is 48.0 Å². The molecule has 3 aliphatic heterocycles. The number of aliphatic hydroxyl groups is 3. The zero-order valence-electron chi connectivity index (χ0n) is 41.5. The fourth-order valence-electron chi connectivity index (χ4n) is 8.71. The molecule has 14 nitrogen and oxygen atoms in total. The average molecular weight is 918 g/mol. The van der Waals surface area contributed by atoms with Crippen molar-refractivity contribution in [3.63, 3.8) is 0 Å². The number of piperidine rings is 1. The standard InChI is InChI=1S/C42H63NO11.C9H20O2/c1-25-15-11-10-12-16-26(2)35(51-8)24-32-19-18-30(6)42(50,54-32)39(47)40(48)43-20-14-13-17-33(43)41(49)53-31(7)23-34(44)27(3)22-29(5)37(46)38(52-9)36(45)28(4)21-25;1-4-9(7-11-3)6-5-8(2)10/h10-12,15-16,22,25,27-28,30-33,35,37-38,46,50H,13-14,17-21,23-24H2,1-9H3;8-10H,4-7H2,1-3H3/b12-10+,15-11+,26-16+,29-22+;. The molecule has 13 atom stereocenters. The van der Waals surface area contributed by atoms with Crippen molar-refractivity contribution < 1.29 is 63.0 Å². The molecule has 1 amide bonds. The molecular weight excluding hydrogens is 835 g/mol. The molecule has 0 aromatic heterocycles. The number of carbonyl (C=O) groups excluding carboxylic acids is 5. The van der Waals surface area contributed by atoms with Gasteiger partial charge in [0.15, 0.2) is 5.78 Å². The van der Waals surface area contributed by atoms with Gasteiger partial charge in [-0.25, -0.2) is 4.79 Å². The molecule has 2 bridgehead atoms. The summed E-state index contributed by atoms with van der Waals surface area (Å²) in [6.07, 6.45) is 13.0. The molecule has 3 N–H and O–H groups in total. The van der Waals surface area contributed by atoms with E-state index < -0.39 is 77.8 Å². The van der Waals surface area contributed by atoms with Gasteiger partial charge in [0.1, 0.15) is 30.1 Å². The molecule has 65 heavy (non-hydrogen) atoms. The van der Waals surface area contributed by atoms with E-state index in [0.29, 0.717) is 50.0 Å².